The summed E-state index contributed by atoms with van der Waals surface area (Å²) in [4.78, 5) is 14.1. The number of benzene rings is 1. The number of likely N-dealkylation sites (N-methyl/N-ethyl adjacent to an activating group) is 1. The first-order valence-electron chi connectivity index (χ1n) is 7.95. The molecule has 6 heteroatoms. The van der Waals surface area contributed by atoms with Gasteiger partial charge in [0.2, 0.25) is 5.91 Å². The minimum Gasteiger partial charge on any atom is -0.373 e. The Morgan fingerprint density at radius 1 is 1.22 bits per heavy atom. The second-order valence-electron chi connectivity index (χ2n) is 6.02. The predicted molar refractivity (Wildman–Crippen MR) is 102 cm³/mol. The van der Waals surface area contributed by atoms with E-state index >= 15 is 0 Å². The molecule has 1 saturated carbocycles. The van der Waals surface area contributed by atoms with Crippen LogP contribution in [0.1, 0.15) is 32.1 Å². The highest BCUT2D eigenvalue weighted by Crippen LogP contribution is 2.25. The van der Waals surface area contributed by atoms with Gasteiger partial charge in [0.25, 0.3) is 0 Å². The van der Waals surface area contributed by atoms with E-state index < -0.39 is 0 Å². The van der Waals surface area contributed by atoms with E-state index in [1.165, 1.54) is 18.5 Å². The summed E-state index contributed by atoms with van der Waals surface area (Å²) in [5, 5.41) is 3.02. The summed E-state index contributed by atoms with van der Waals surface area (Å²) < 4.78 is 0. The summed E-state index contributed by atoms with van der Waals surface area (Å²) in [7, 11) is 2.04. The van der Waals surface area contributed by atoms with Gasteiger partial charge in [-0.3, -0.25) is 4.79 Å². The van der Waals surface area contributed by atoms with Gasteiger partial charge in [-0.1, -0.05) is 31.0 Å². The van der Waals surface area contributed by atoms with Crippen molar-refractivity contribution >= 4 is 36.4 Å². The predicted octanol–water partition coefficient (Wildman–Crippen LogP) is 2.99. The van der Waals surface area contributed by atoms with Gasteiger partial charge in [0.15, 0.2) is 0 Å². The van der Waals surface area contributed by atoms with Gasteiger partial charge in [0.1, 0.15) is 0 Å². The molecule has 0 aliphatic heterocycles. The maximum Gasteiger partial charge on any atom is 0.220 e. The minimum absolute atomic E-state index is 0. The smallest absolute Gasteiger partial charge is 0.220 e. The highest BCUT2D eigenvalue weighted by Gasteiger charge is 2.23. The van der Waals surface area contributed by atoms with E-state index in [1.54, 1.807) is 0 Å². The first-order valence-corrected chi connectivity index (χ1v) is 7.95. The lowest BCUT2D eigenvalue weighted by atomic mass is 9.83. The summed E-state index contributed by atoms with van der Waals surface area (Å²) in [6.45, 7) is 1.48. The van der Waals surface area contributed by atoms with Gasteiger partial charge in [0.05, 0.1) is 0 Å². The molecule has 0 saturated heterocycles. The van der Waals surface area contributed by atoms with Crippen LogP contribution in [0.3, 0.4) is 0 Å². The minimum atomic E-state index is 0. The molecule has 1 aromatic carbocycles. The van der Waals surface area contributed by atoms with Crippen molar-refractivity contribution in [1.82, 2.24) is 5.32 Å². The molecule has 132 valence electrons. The van der Waals surface area contributed by atoms with Gasteiger partial charge in [0, 0.05) is 38.3 Å². The number of carbonyl (C=O) groups is 1. The summed E-state index contributed by atoms with van der Waals surface area (Å²) in [5.41, 5.74) is 7.26. The zero-order chi connectivity index (χ0) is 15.1. The van der Waals surface area contributed by atoms with Crippen LogP contribution in [0.4, 0.5) is 5.69 Å². The van der Waals surface area contributed by atoms with Gasteiger partial charge in [-0.15, -0.1) is 24.8 Å². The van der Waals surface area contributed by atoms with Gasteiger partial charge in [-0.25, -0.2) is 0 Å². The number of halogens is 2. The molecule has 0 radical (unpaired) electrons. The Kier molecular flexibility index (Phi) is 11.1. The Balaban J connectivity index is 0.00000242. The fourth-order valence-corrected chi connectivity index (χ4v) is 2.97. The van der Waals surface area contributed by atoms with Crippen molar-refractivity contribution in [1.29, 1.82) is 0 Å². The number of amides is 1. The van der Waals surface area contributed by atoms with E-state index in [0.29, 0.717) is 18.9 Å². The van der Waals surface area contributed by atoms with E-state index in [0.717, 1.165) is 19.4 Å². The lowest BCUT2D eigenvalue weighted by Crippen LogP contribution is -2.38. The Morgan fingerprint density at radius 2 is 1.87 bits per heavy atom. The van der Waals surface area contributed by atoms with Crippen molar-refractivity contribution in [2.24, 2.45) is 11.7 Å². The second-order valence-corrected chi connectivity index (χ2v) is 6.02. The van der Waals surface area contributed by atoms with Gasteiger partial charge < -0.3 is 16.0 Å². The summed E-state index contributed by atoms with van der Waals surface area (Å²) in [6, 6.07) is 10.4. The molecule has 0 aromatic heterocycles. The molecular weight excluding hydrogens is 333 g/mol. The highest BCUT2D eigenvalue weighted by atomic mass is 35.5. The van der Waals surface area contributed by atoms with Crippen molar-refractivity contribution in [3.8, 4) is 0 Å². The van der Waals surface area contributed by atoms with Crippen LogP contribution < -0.4 is 16.0 Å². The van der Waals surface area contributed by atoms with Crippen LogP contribution in [0.15, 0.2) is 30.3 Å². The Labute approximate surface area is 152 Å². The van der Waals surface area contributed by atoms with Crippen molar-refractivity contribution in [3.05, 3.63) is 30.3 Å². The number of hydrogen-bond donors (Lipinski definition) is 2. The molecule has 2 atom stereocenters. The van der Waals surface area contributed by atoms with E-state index in [9.17, 15) is 4.79 Å². The Hall–Kier alpha value is -0.970. The number of nitrogens with one attached hydrogen (secondary N) is 1. The number of nitrogens with two attached hydrogens (primary N) is 1. The van der Waals surface area contributed by atoms with Crippen molar-refractivity contribution in [2.45, 2.75) is 38.1 Å². The molecule has 4 nitrogen and oxygen atoms in total. The third-order valence-corrected chi connectivity index (χ3v) is 4.38. The average molecular weight is 362 g/mol. The molecule has 0 bridgehead atoms. The molecule has 1 aromatic rings. The number of nitrogens with zero attached hydrogens (tertiary/aromatic N) is 1. The average Bonchev–Trinajstić information content (AvgIpc) is 2.50. The van der Waals surface area contributed by atoms with Crippen LogP contribution >= 0.6 is 24.8 Å². The summed E-state index contributed by atoms with van der Waals surface area (Å²) >= 11 is 0. The maximum atomic E-state index is 12.0. The van der Waals surface area contributed by atoms with Crippen LogP contribution in [0, 0.1) is 5.92 Å². The zero-order valence-corrected chi connectivity index (χ0v) is 15.4. The maximum absolute atomic E-state index is 12.0. The lowest BCUT2D eigenvalue weighted by Gasteiger charge is -2.28. The van der Waals surface area contributed by atoms with E-state index in [-0.39, 0.29) is 36.8 Å². The lowest BCUT2D eigenvalue weighted by molar-refractivity contribution is -0.122. The first-order chi connectivity index (χ1) is 10.2. The molecule has 1 fully saturated rings. The molecule has 1 amide bonds. The Morgan fingerprint density at radius 3 is 2.52 bits per heavy atom. The third-order valence-electron chi connectivity index (χ3n) is 4.38. The molecule has 23 heavy (non-hydrogen) atoms. The number of hydrogen-bond acceptors (Lipinski definition) is 3. The molecule has 0 heterocycles. The van der Waals surface area contributed by atoms with Crippen molar-refractivity contribution in [2.75, 3.05) is 25.0 Å². The van der Waals surface area contributed by atoms with Crippen LogP contribution in [0.2, 0.25) is 0 Å². The second kappa shape index (κ2) is 11.5. The fourth-order valence-electron chi connectivity index (χ4n) is 2.97. The fraction of sp³-hybridized carbons (Fsp3) is 0.588. The third kappa shape index (κ3) is 7.42. The number of para-hydroxylation sites is 1. The molecule has 1 aliphatic rings. The number of anilines is 1. The molecule has 0 spiro atoms. The van der Waals surface area contributed by atoms with Crippen LogP contribution in [-0.4, -0.2) is 32.1 Å². The van der Waals surface area contributed by atoms with Crippen LogP contribution in [0.5, 0.6) is 0 Å². The summed E-state index contributed by atoms with van der Waals surface area (Å²) in [5.74, 6) is 0.504. The van der Waals surface area contributed by atoms with E-state index in [4.69, 9.17) is 5.73 Å². The topological polar surface area (TPSA) is 58.4 Å². The molecule has 2 unspecified atom stereocenters. The standard InChI is InChI=1S/C17H27N3O.2ClH/c1-20(15-8-3-2-4-9-15)12-11-19-17(21)13-14-7-5-6-10-16(14)18;;/h2-4,8-9,14,16H,5-7,10-13,18H2,1H3,(H,19,21);2*1H. The summed E-state index contributed by atoms with van der Waals surface area (Å²) in [6.07, 6.45) is 5.16. The number of rotatable bonds is 6. The van der Waals surface area contributed by atoms with Gasteiger partial charge in [-0.2, -0.15) is 0 Å². The molecule has 1 aliphatic carbocycles. The molecule has 3 N–H and O–H groups in total. The SMILES string of the molecule is CN(CCNC(=O)CC1CCCCC1N)c1ccccc1.Cl.Cl. The monoisotopic (exact) mass is 361 g/mol. The first kappa shape index (κ1) is 22.0. The van der Waals surface area contributed by atoms with Gasteiger partial charge in [-0.05, 0) is 30.9 Å². The Bertz CT molecular complexity index is 445. The molecular formula is C17H29Cl2N3O. The van der Waals surface area contributed by atoms with Gasteiger partial charge >= 0.3 is 0 Å². The quantitative estimate of drug-likeness (QED) is 0.818. The number of carbonyl (C=O) groups excluding carboxylic acids is 1. The van der Waals surface area contributed by atoms with Crippen molar-refractivity contribution < 1.29 is 4.79 Å². The van der Waals surface area contributed by atoms with E-state index in [2.05, 4.69) is 22.3 Å². The zero-order valence-electron chi connectivity index (χ0n) is 13.7. The van der Waals surface area contributed by atoms with Crippen LogP contribution in [-0.2, 0) is 4.79 Å². The van der Waals surface area contributed by atoms with E-state index in [1.807, 2.05) is 25.2 Å². The molecule has 2 rings (SSSR count). The van der Waals surface area contributed by atoms with Crippen molar-refractivity contribution in [3.63, 3.8) is 0 Å². The van der Waals surface area contributed by atoms with Crippen LogP contribution in [0.25, 0.3) is 0 Å². The highest BCUT2D eigenvalue weighted by molar-refractivity contribution is 5.85. The largest absolute Gasteiger partial charge is 0.373 e. The normalized spacial score (nSPS) is 19.9.